The second kappa shape index (κ2) is 7.09. The summed E-state index contributed by atoms with van der Waals surface area (Å²) < 4.78 is 5.24. The van der Waals surface area contributed by atoms with Crippen molar-refractivity contribution in [2.24, 2.45) is 5.16 Å². The normalized spacial score (nSPS) is 17.0. The number of quaternary nitrogens is 1. The van der Waals surface area contributed by atoms with Crippen LogP contribution in [0.4, 0.5) is 0 Å². The molecule has 0 unspecified atom stereocenters. The van der Waals surface area contributed by atoms with E-state index in [1.54, 1.807) is 7.11 Å². The molecule has 2 aromatic carbocycles. The molecule has 0 spiro atoms. The SMILES string of the molecule is COc1cccc(C[NH2+]C[C@H]2CC(c3ccccc3)=NO2)c1. The zero-order chi connectivity index (χ0) is 15.2. The van der Waals surface area contributed by atoms with E-state index in [1.807, 2.05) is 30.3 Å². The van der Waals surface area contributed by atoms with Crippen molar-refractivity contribution in [1.29, 1.82) is 0 Å². The monoisotopic (exact) mass is 297 g/mol. The summed E-state index contributed by atoms with van der Waals surface area (Å²) in [5.74, 6) is 0.901. The number of methoxy groups -OCH3 is 1. The standard InChI is InChI=1S/C18H20N2O2/c1-21-16-9-5-6-14(10-16)12-19-13-17-11-18(20-22-17)15-7-3-2-4-8-15/h2-10,17,19H,11-13H2,1H3/p+1/t17-/m1/s1. The van der Waals surface area contributed by atoms with Crippen LogP contribution in [-0.4, -0.2) is 25.5 Å². The van der Waals surface area contributed by atoms with Crippen LogP contribution in [0, 0.1) is 0 Å². The van der Waals surface area contributed by atoms with Gasteiger partial charge in [0.2, 0.25) is 0 Å². The topological polar surface area (TPSA) is 47.4 Å². The number of ether oxygens (including phenoxy) is 1. The highest BCUT2D eigenvalue weighted by Crippen LogP contribution is 2.15. The molecule has 2 N–H and O–H groups in total. The fourth-order valence-corrected chi connectivity index (χ4v) is 2.59. The van der Waals surface area contributed by atoms with Gasteiger partial charge < -0.3 is 14.9 Å². The Labute approximate surface area is 130 Å². The molecule has 3 rings (SSSR count). The van der Waals surface area contributed by atoms with E-state index in [4.69, 9.17) is 9.57 Å². The van der Waals surface area contributed by atoms with Gasteiger partial charge in [0.25, 0.3) is 0 Å². The van der Waals surface area contributed by atoms with Crippen LogP contribution in [0.5, 0.6) is 5.75 Å². The molecular weight excluding hydrogens is 276 g/mol. The van der Waals surface area contributed by atoms with Gasteiger partial charge in [0.15, 0.2) is 6.10 Å². The van der Waals surface area contributed by atoms with Gasteiger partial charge in [0.1, 0.15) is 18.8 Å². The highest BCUT2D eigenvalue weighted by molar-refractivity contribution is 6.01. The molecule has 0 radical (unpaired) electrons. The minimum Gasteiger partial charge on any atom is -0.497 e. The van der Waals surface area contributed by atoms with Crippen molar-refractivity contribution in [3.8, 4) is 5.75 Å². The maximum absolute atomic E-state index is 5.53. The van der Waals surface area contributed by atoms with E-state index in [9.17, 15) is 0 Å². The molecule has 4 heteroatoms. The Morgan fingerprint density at radius 3 is 2.86 bits per heavy atom. The smallest absolute Gasteiger partial charge is 0.181 e. The predicted molar refractivity (Wildman–Crippen MR) is 86.0 cm³/mol. The molecule has 1 aliphatic rings. The van der Waals surface area contributed by atoms with Crippen LogP contribution < -0.4 is 10.1 Å². The Morgan fingerprint density at radius 2 is 2.05 bits per heavy atom. The van der Waals surface area contributed by atoms with Crippen LogP contribution in [0.25, 0.3) is 0 Å². The minimum atomic E-state index is 0.154. The largest absolute Gasteiger partial charge is 0.497 e. The molecular formula is C18H21N2O2+. The number of nitrogens with two attached hydrogens (primary N) is 1. The Morgan fingerprint density at radius 1 is 1.18 bits per heavy atom. The van der Waals surface area contributed by atoms with E-state index in [0.29, 0.717) is 0 Å². The molecule has 1 heterocycles. The van der Waals surface area contributed by atoms with E-state index >= 15 is 0 Å². The van der Waals surface area contributed by atoms with Gasteiger partial charge in [0, 0.05) is 12.0 Å². The molecule has 0 aromatic heterocycles. The van der Waals surface area contributed by atoms with Gasteiger partial charge in [-0.25, -0.2) is 0 Å². The average molecular weight is 297 g/mol. The molecule has 0 saturated heterocycles. The van der Waals surface area contributed by atoms with Crippen molar-refractivity contribution in [3.05, 3.63) is 65.7 Å². The summed E-state index contributed by atoms with van der Waals surface area (Å²) in [5, 5.41) is 6.47. The first-order valence-corrected chi connectivity index (χ1v) is 7.58. The van der Waals surface area contributed by atoms with Crippen LogP contribution in [0.3, 0.4) is 0 Å². The first kappa shape index (κ1) is 14.6. The Bertz CT molecular complexity index is 641. The third kappa shape index (κ3) is 3.65. The third-order valence-electron chi connectivity index (χ3n) is 3.78. The van der Waals surface area contributed by atoms with Gasteiger partial charge in [-0.05, 0) is 17.7 Å². The van der Waals surface area contributed by atoms with Crippen LogP contribution >= 0.6 is 0 Å². The van der Waals surface area contributed by atoms with Gasteiger partial charge >= 0.3 is 0 Å². The van der Waals surface area contributed by atoms with Crippen LogP contribution in [0.1, 0.15) is 17.5 Å². The Kier molecular flexibility index (Phi) is 4.71. The second-order valence-electron chi connectivity index (χ2n) is 5.42. The van der Waals surface area contributed by atoms with E-state index in [2.05, 4.69) is 34.7 Å². The number of hydrogen-bond acceptors (Lipinski definition) is 3. The molecule has 22 heavy (non-hydrogen) atoms. The predicted octanol–water partition coefficient (Wildman–Crippen LogP) is 1.95. The van der Waals surface area contributed by atoms with Gasteiger partial charge in [0.05, 0.1) is 12.8 Å². The van der Waals surface area contributed by atoms with Gasteiger partial charge in [-0.2, -0.15) is 0 Å². The lowest BCUT2D eigenvalue weighted by Gasteiger charge is -2.08. The summed E-state index contributed by atoms with van der Waals surface area (Å²) in [5.41, 5.74) is 3.44. The lowest BCUT2D eigenvalue weighted by atomic mass is 10.1. The lowest BCUT2D eigenvalue weighted by molar-refractivity contribution is -0.676. The van der Waals surface area contributed by atoms with E-state index in [0.717, 1.165) is 36.5 Å². The summed E-state index contributed by atoms with van der Waals surface area (Å²) >= 11 is 0. The van der Waals surface area contributed by atoms with E-state index < -0.39 is 0 Å². The summed E-state index contributed by atoms with van der Waals surface area (Å²) in [6.45, 7) is 1.81. The van der Waals surface area contributed by atoms with E-state index in [-0.39, 0.29) is 6.10 Å². The highest BCUT2D eigenvalue weighted by atomic mass is 16.6. The molecule has 0 aliphatic carbocycles. The molecule has 0 saturated carbocycles. The number of rotatable bonds is 6. The zero-order valence-electron chi connectivity index (χ0n) is 12.7. The van der Waals surface area contributed by atoms with Crippen LogP contribution in [0.2, 0.25) is 0 Å². The van der Waals surface area contributed by atoms with Crippen molar-refractivity contribution in [2.45, 2.75) is 19.1 Å². The first-order chi connectivity index (χ1) is 10.8. The molecule has 1 atom stereocenters. The quantitative estimate of drug-likeness (QED) is 0.886. The van der Waals surface area contributed by atoms with Gasteiger partial charge in [-0.1, -0.05) is 47.6 Å². The first-order valence-electron chi connectivity index (χ1n) is 7.58. The molecule has 0 amide bonds. The molecule has 1 aliphatic heterocycles. The number of oxime groups is 1. The van der Waals surface area contributed by atoms with Gasteiger partial charge in [-0.3, -0.25) is 0 Å². The number of benzene rings is 2. The van der Waals surface area contributed by atoms with Crippen molar-refractivity contribution in [2.75, 3.05) is 13.7 Å². The molecule has 0 fully saturated rings. The lowest BCUT2D eigenvalue weighted by Crippen LogP contribution is -2.84. The molecule has 114 valence electrons. The van der Waals surface area contributed by atoms with Crippen molar-refractivity contribution in [3.63, 3.8) is 0 Å². The molecule has 0 bridgehead atoms. The maximum Gasteiger partial charge on any atom is 0.181 e. The van der Waals surface area contributed by atoms with Gasteiger partial charge in [-0.15, -0.1) is 0 Å². The summed E-state index contributed by atoms with van der Waals surface area (Å²) in [4.78, 5) is 5.53. The van der Waals surface area contributed by atoms with Crippen LogP contribution in [-0.2, 0) is 11.4 Å². The Balaban J connectivity index is 1.46. The zero-order valence-corrected chi connectivity index (χ0v) is 12.7. The summed E-state index contributed by atoms with van der Waals surface area (Å²) in [7, 11) is 1.69. The summed E-state index contributed by atoms with van der Waals surface area (Å²) in [6, 6.07) is 18.4. The number of nitrogens with zero attached hydrogens (tertiary/aromatic N) is 1. The fraction of sp³-hybridized carbons (Fsp3) is 0.278. The molecule has 4 nitrogen and oxygen atoms in total. The van der Waals surface area contributed by atoms with Crippen LogP contribution in [0.15, 0.2) is 59.8 Å². The van der Waals surface area contributed by atoms with Crippen molar-refractivity contribution in [1.82, 2.24) is 0 Å². The average Bonchev–Trinajstić information content (AvgIpc) is 3.05. The maximum atomic E-state index is 5.53. The third-order valence-corrected chi connectivity index (χ3v) is 3.78. The Hall–Kier alpha value is -2.33. The summed E-state index contributed by atoms with van der Waals surface area (Å²) in [6.07, 6.45) is 1.03. The molecule has 2 aromatic rings. The van der Waals surface area contributed by atoms with E-state index in [1.165, 1.54) is 5.56 Å². The minimum absolute atomic E-state index is 0.154. The van der Waals surface area contributed by atoms with Crippen molar-refractivity contribution >= 4 is 5.71 Å². The highest BCUT2D eigenvalue weighted by Gasteiger charge is 2.23. The fourth-order valence-electron chi connectivity index (χ4n) is 2.59. The number of hydrogen-bond donors (Lipinski definition) is 1. The van der Waals surface area contributed by atoms with Crippen molar-refractivity contribution < 1.29 is 14.9 Å². The second-order valence-corrected chi connectivity index (χ2v) is 5.42.